The van der Waals surface area contributed by atoms with Crippen molar-refractivity contribution >= 4 is 22.6 Å². The van der Waals surface area contributed by atoms with Crippen molar-refractivity contribution in [3.63, 3.8) is 0 Å². The Labute approximate surface area is 111 Å². The van der Waals surface area contributed by atoms with Crippen LogP contribution < -0.4 is 0 Å². The normalized spacial score (nSPS) is 13.0. The number of nitrogens with zero attached hydrogens (tertiary/aromatic N) is 1. The minimum Gasteiger partial charge on any atom is -0.303 e. The third kappa shape index (κ3) is 5.80. The fraction of sp³-hybridized carbons (Fsp3) is 0.538. The SMILES string of the molecule is CN(CCc1ccccc1)CC(F)CCI. The van der Waals surface area contributed by atoms with E-state index >= 15 is 0 Å². The van der Waals surface area contributed by atoms with Crippen LogP contribution in [-0.4, -0.2) is 35.6 Å². The first kappa shape index (κ1) is 13.9. The van der Waals surface area contributed by atoms with E-state index in [1.807, 2.05) is 25.2 Å². The van der Waals surface area contributed by atoms with Gasteiger partial charge in [0.15, 0.2) is 0 Å². The summed E-state index contributed by atoms with van der Waals surface area (Å²) in [6.45, 7) is 1.47. The molecule has 1 nitrogen and oxygen atoms in total. The minimum atomic E-state index is -0.683. The third-order valence-corrected chi connectivity index (χ3v) is 3.18. The molecule has 1 rings (SSSR count). The van der Waals surface area contributed by atoms with Gasteiger partial charge < -0.3 is 4.90 Å². The van der Waals surface area contributed by atoms with E-state index in [0.29, 0.717) is 13.0 Å². The van der Waals surface area contributed by atoms with Gasteiger partial charge in [-0.05, 0) is 25.5 Å². The zero-order chi connectivity index (χ0) is 11.8. The van der Waals surface area contributed by atoms with E-state index < -0.39 is 6.17 Å². The van der Waals surface area contributed by atoms with Gasteiger partial charge in [-0.15, -0.1) is 0 Å². The van der Waals surface area contributed by atoms with Gasteiger partial charge in [0.2, 0.25) is 0 Å². The molecule has 3 heteroatoms. The fourth-order valence-electron chi connectivity index (χ4n) is 1.60. The van der Waals surface area contributed by atoms with Gasteiger partial charge in [-0.1, -0.05) is 52.9 Å². The topological polar surface area (TPSA) is 3.24 Å². The van der Waals surface area contributed by atoms with Crippen molar-refractivity contribution in [3.05, 3.63) is 35.9 Å². The molecule has 1 atom stereocenters. The zero-order valence-electron chi connectivity index (χ0n) is 9.70. The van der Waals surface area contributed by atoms with Crippen LogP contribution in [0.1, 0.15) is 12.0 Å². The monoisotopic (exact) mass is 335 g/mol. The molecule has 0 aliphatic heterocycles. The minimum absolute atomic E-state index is 0.551. The van der Waals surface area contributed by atoms with Crippen molar-refractivity contribution in [1.29, 1.82) is 0 Å². The van der Waals surface area contributed by atoms with E-state index in [-0.39, 0.29) is 0 Å². The van der Waals surface area contributed by atoms with Crippen molar-refractivity contribution in [1.82, 2.24) is 4.90 Å². The molecule has 0 bridgehead atoms. The number of hydrogen-bond donors (Lipinski definition) is 0. The summed E-state index contributed by atoms with van der Waals surface area (Å²) in [6, 6.07) is 10.3. The van der Waals surface area contributed by atoms with Crippen LogP contribution >= 0.6 is 22.6 Å². The van der Waals surface area contributed by atoms with Crippen LogP contribution in [0.15, 0.2) is 30.3 Å². The summed E-state index contributed by atoms with van der Waals surface area (Å²) in [5.74, 6) is 0. The van der Waals surface area contributed by atoms with Crippen molar-refractivity contribution in [2.45, 2.75) is 19.0 Å². The second-order valence-corrected chi connectivity index (χ2v) is 5.15. The highest BCUT2D eigenvalue weighted by Gasteiger charge is 2.08. The molecule has 0 aromatic heterocycles. The largest absolute Gasteiger partial charge is 0.303 e. The molecule has 0 amide bonds. The van der Waals surface area contributed by atoms with Crippen molar-refractivity contribution in [2.75, 3.05) is 24.6 Å². The highest BCUT2D eigenvalue weighted by molar-refractivity contribution is 14.1. The highest BCUT2D eigenvalue weighted by atomic mass is 127. The lowest BCUT2D eigenvalue weighted by molar-refractivity contribution is 0.219. The lowest BCUT2D eigenvalue weighted by Crippen LogP contribution is -2.28. The molecule has 1 aromatic carbocycles. The number of likely N-dealkylation sites (N-methyl/N-ethyl adjacent to an activating group) is 1. The quantitative estimate of drug-likeness (QED) is 0.546. The Morgan fingerprint density at radius 1 is 1.31 bits per heavy atom. The van der Waals surface area contributed by atoms with Crippen LogP contribution in [-0.2, 0) is 6.42 Å². The summed E-state index contributed by atoms with van der Waals surface area (Å²) < 4.78 is 14.2. The molecule has 0 radical (unpaired) electrons. The number of halogens is 2. The first-order valence-electron chi connectivity index (χ1n) is 5.65. The molecule has 0 N–H and O–H groups in total. The van der Waals surface area contributed by atoms with Crippen LogP contribution in [0.5, 0.6) is 0 Å². The van der Waals surface area contributed by atoms with Gasteiger partial charge in [-0.3, -0.25) is 0 Å². The summed E-state index contributed by atoms with van der Waals surface area (Å²) in [5.41, 5.74) is 1.32. The van der Waals surface area contributed by atoms with E-state index in [1.54, 1.807) is 0 Å². The summed E-state index contributed by atoms with van der Waals surface area (Å²) in [5, 5.41) is 0. The van der Waals surface area contributed by atoms with Crippen LogP contribution in [0.25, 0.3) is 0 Å². The predicted octanol–water partition coefficient (Wildman–Crippen LogP) is 3.32. The standard InChI is InChI=1S/C13H19FIN/c1-16(11-13(14)7-9-15)10-8-12-5-3-2-4-6-12/h2-6,13H,7-11H2,1H3. The van der Waals surface area contributed by atoms with Crippen molar-refractivity contribution in [3.8, 4) is 0 Å². The lowest BCUT2D eigenvalue weighted by Gasteiger charge is -2.18. The molecule has 0 aliphatic carbocycles. The van der Waals surface area contributed by atoms with Gasteiger partial charge in [0, 0.05) is 17.5 Å². The van der Waals surface area contributed by atoms with Crippen LogP contribution in [0.2, 0.25) is 0 Å². The maximum atomic E-state index is 13.3. The van der Waals surface area contributed by atoms with E-state index in [0.717, 1.165) is 17.4 Å². The van der Waals surface area contributed by atoms with E-state index in [1.165, 1.54) is 5.56 Å². The van der Waals surface area contributed by atoms with Gasteiger partial charge in [0.1, 0.15) is 6.17 Å². The average Bonchev–Trinajstić information content (AvgIpc) is 2.28. The van der Waals surface area contributed by atoms with Crippen LogP contribution in [0, 0.1) is 0 Å². The smallest absolute Gasteiger partial charge is 0.113 e. The Morgan fingerprint density at radius 2 is 2.00 bits per heavy atom. The number of hydrogen-bond acceptors (Lipinski definition) is 1. The Kier molecular flexibility index (Phi) is 6.96. The Bertz CT molecular complexity index is 279. The maximum Gasteiger partial charge on any atom is 0.113 e. The van der Waals surface area contributed by atoms with Gasteiger partial charge >= 0.3 is 0 Å². The molecule has 0 saturated heterocycles. The lowest BCUT2D eigenvalue weighted by atomic mass is 10.1. The van der Waals surface area contributed by atoms with Crippen LogP contribution in [0.3, 0.4) is 0 Å². The number of benzene rings is 1. The Balaban J connectivity index is 2.22. The fourth-order valence-corrected chi connectivity index (χ4v) is 2.28. The molecule has 1 aromatic rings. The molecule has 0 saturated carbocycles. The molecule has 0 aliphatic rings. The average molecular weight is 335 g/mol. The molecule has 90 valence electrons. The second kappa shape index (κ2) is 8.01. The maximum absolute atomic E-state index is 13.3. The van der Waals surface area contributed by atoms with Crippen molar-refractivity contribution < 1.29 is 4.39 Å². The summed E-state index contributed by atoms with van der Waals surface area (Å²) in [4.78, 5) is 2.07. The molecule has 16 heavy (non-hydrogen) atoms. The first-order chi connectivity index (χ1) is 7.72. The molecule has 0 fully saturated rings. The first-order valence-corrected chi connectivity index (χ1v) is 7.17. The molecule has 1 unspecified atom stereocenters. The van der Waals surface area contributed by atoms with Gasteiger partial charge in [-0.25, -0.2) is 4.39 Å². The highest BCUT2D eigenvalue weighted by Crippen LogP contribution is 2.05. The number of rotatable bonds is 7. The predicted molar refractivity (Wildman–Crippen MR) is 76.0 cm³/mol. The summed E-state index contributed by atoms with van der Waals surface area (Å²) in [6.07, 6.45) is 0.975. The van der Waals surface area contributed by atoms with Gasteiger partial charge in [0.05, 0.1) is 0 Å². The second-order valence-electron chi connectivity index (χ2n) is 4.07. The third-order valence-electron chi connectivity index (χ3n) is 2.56. The van der Waals surface area contributed by atoms with E-state index in [4.69, 9.17) is 0 Å². The Morgan fingerprint density at radius 3 is 2.62 bits per heavy atom. The molecular weight excluding hydrogens is 316 g/mol. The van der Waals surface area contributed by atoms with Gasteiger partial charge in [0.25, 0.3) is 0 Å². The molecular formula is C13H19FIN. The molecule has 0 spiro atoms. The number of alkyl halides is 2. The van der Waals surface area contributed by atoms with Gasteiger partial charge in [-0.2, -0.15) is 0 Å². The summed E-state index contributed by atoms with van der Waals surface area (Å²) >= 11 is 2.22. The molecule has 0 heterocycles. The van der Waals surface area contributed by atoms with Crippen molar-refractivity contribution in [2.24, 2.45) is 0 Å². The summed E-state index contributed by atoms with van der Waals surface area (Å²) in [7, 11) is 1.99. The van der Waals surface area contributed by atoms with E-state index in [9.17, 15) is 4.39 Å². The zero-order valence-corrected chi connectivity index (χ0v) is 11.9. The van der Waals surface area contributed by atoms with Crippen LogP contribution in [0.4, 0.5) is 4.39 Å². The van der Waals surface area contributed by atoms with E-state index in [2.05, 4.69) is 39.6 Å². The Hall–Kier alpha value is -0.160.